The summed E-state index contributed by atoms with van der Waals surface area (Å²) in [5, 5.41) is 7.25. The van der Waals surface area contributed by atoms with E-state index >= 15 is 0 Å². The summed E-state index contributed by atoms with van der Waals surface area (Å²) >= 11 is 0. The highest BCUT2D eigenvalue weighted by molar-refractivity contribution is 6.01. The normalized spacial score (nSPS) is 10.7. The number of benzene rings is 3. The highest BCUT2D eigenvalue weighted by Crippen LogP contribution is 2.23. The number of carbonyl (C=O) groups excluding carboxylic acids is 1. The highest BCUT2D eigenvalue weighted by Gasteiger charge is 2.19. The third-order valence-electron chi connectivity index (χ3n) is 4.85. The second-order valence-electron chi connectivity index (χ2n) is 6.88. The smallest absolute Gasteiger partial charge is 0.295 e. The molecule has 6 nitrogen and oxygen atoms in total. The Morgan fingerprint density at radius 1 is 1.00 bits per heavy atom. The number of methoxy groups -OCH3 is 1. The largest absolute Gasteiger partial charge is 0.497 e. The van der Waals surface area contributed by atoms with E-state index in [1.807, 2.05) is 36.4 Å². The van der Waals surface area contributed by atoms with Crippen LogP contribution in [0.1, 0.15) is 23.1 Å². The third kappa shape index (κ3) is 4.45. The van der Waals surface area contributed by atoms with Crippen molar-refractivity contribution in [1.82, 2.24) is 14.8 Å². The van der Waals surface area contributed by atoms with Crippen molar-refractivity contribution < 1.29 is 13.9 Å². The van der Waals surface area contributed by atoms with Crippen molar-refractivity contribution in [3.63, 3.8) is 0 Å². The molecule has 0 atom stereocenters. The molecule has 0 saturated carbocycles. The van der Waals surface area contributed by atoms with Crippen LogP contribution in [0.3, 0.4) is 0 Å². The summed E-state index contributed by atoms with van der Waals surface area (Å²) in [6.07, 6.45) is 0.920. The van der Waals surface area contributed by atoms with Crippen molar-refractivity contribution in [2.75, 3.05) is 12.4 Å². The van der Waals surface area contributed by atoms with Gasteiger partial charge in [-0.3, -0.25) is 4.79 Å². The fourth-order valence-corrected chi connectivity index (χ4v) is 3.11. The van der Waals surface area contributed by atoms with E-state index in [2.05, 4.69) is 22.3 Å². The van der Waals surface area contributed by atoms with E-state index in [0.717, 1.165) is 6.42 Å². The Hall–Kier alpha value is -4.00. The molecule has 0 aliphatic rings. The van der Waals surface area contributed by atoms with Crippen molar-refractivity contribution >= 4 is 11.6 Å². The molecule has 0 saturated heterocycles. The number of aromatic nitrogens is 3. The summed E-state index contributed by atoms with van der Waals surface area (Å²) in [5.74, 6) is 0.347. The number of carbonyl (C=O) groups is 1. The van der Waals surface area contributed by atoms with Gasteiger partial charge in [-0.1, -0.05) is 19.1 Å². The van der Waals surface area contributed by atoms with Crippen LogP contribution < -0.4 is 10.1 Å². The lowest BCUT2D eigenvalue weighted by molar-refractivity contribution is 0.101. The highest BCUT2D eigenvalue weighted by atomic mass is 19.1. The van der Waals surface area contributed by atoms with Crippen molar-refractivity contribution in [2.45, 2.75) is 13.3 Å². The molecule has 1 N–H and O–H groups in total. The number of aryl methyl sites for hydroxylation is 1. The molecule has 0 aliphatic heterocycles. The zero-order valence-electron chi connectivity index (χ0n) is 17.2. The maximum Gasteiger partial charge on any atom is 0.295 e. The van der Waals surface area contributed by atoms with Gasteiger partial charge >= 0.3 is 0 Å². The number of nitrogens with one attached hydrogen (secondary N) is 1. The summed E-state index contributed by atoms with van der Waals surface area (Å²) in [6.45, 7) is 2.07. The average Bonchev–Trinajstić information content (AvgIpc) is 3.26. The summed E-state index contributed by atoms with van der Waals surface area (Å²) < 4.78 is 20.2. The predicted octanol–water partition coefficient (Wildman–Crippen LogP) is 4.90. The molecule has 4 rings (SSSR count). The van der Waals surface area contributed by atoms with E-state index in [9.17, 15) is 9.18 Å². The Morgan fingerprint density at radius 3 is 2.29 bits per heavy atom. The molecule has 3 aromatic carbocycles. The zero-order chi connectivity index (χ0) is 21.8. The Bertz CT molecular complexity index is 1180. The van der Waals surface area contributed by atoms with Gasteiger partial charge in [-0.05, 0) is 72.6 Å². The molecule has 0 bridgehead atoms. The van der Waals surface area contributed by atoms with E-state index in [1.165, 1.54) is 17.7 Å². The first kappa shape index (κ1) is 20.3. The van der Waals surface area contributed by atoms with Crippen LogP contribution in [-0.4, -0.2) is 27.8 Å². The summed E-state index contributed by atoms with van der Waals surface area (Å²) in [4.78, 5) is 17.3. The van der Waals surface area contributed by atoms with Gasteiger partial charge in [0.25, 0.3) is 5.91 Å². The molecule has 0 radical (unpaired) electrons. The number of anilines is 1. The van der Waals surface area contributed by atoms with E-state index in [-0.39, 0.29) is 11.6 Å². The van der Waals surface area contributed by atoms with E-state index < -0.39 is 5.91 Å². The molecule has 0 unspecified atom stereocenters. The molecule has 0 aliphatic carbocycles. The monoisotopic (exact) mass is 416 g/mol. The Balaban J connectivity index is 1.70. The Labute approximate surface area is 179 Å². The third-order valence-corrected chi connectivity index (χ3v) is 4.85. The van der Waals surface area contributed by atoms with E-state index in [0.29, 0.717) is 28.5 Å². The number of hydrogen-bond donors (Lipinski definition) is 1. The Morgan fingerprint density at radius 2 is 1.68 bits per heavy atom. The summed E-state index contributed by atoms with van der Waals surface area (Å²) in [6, 6.07) is 20.7. The molecule has 31 heavy (non-hydrogen) atoms. The summed E-state index contributed by atoms with van der Waals surface area (Å²) in [7, 11) is 1.59. The molecule has 1 amide bonds. The molecule has 156 valence electrons. The fraction of sp³-hybridized carbons (Fsp3) is 0.125. The van der Waals surface area contributed by atoms with Crippen molar-refractivity contribution in [3.8, 4) is 22.8 Å². The number of nitrogens with zero attached hydrogens (tertiary/aromatic N) is 3. The molecular weight excluding hydrogens is 395 g/mol. The average molecular weight is 416 g/mol. The maximum absolute atomic E-state index is 13.4. The van der Waals surface area contributed by atoms with Crippen LogP contribution in [0.2, 0.25) is 0 Å². The van der Waals surface area contributed by atoms with Gasteiger partial charge in [-0.2, -0.15) is 0 Å². The number of ether oxygens (including phenoxy) is 1. The van der Waals surface area contributed by atoms with Crippen LogP contribution in [-0.2, 0) is 6.42 Å². The van der Waals surface area contributed by atoms with Crippen molar-refractivity contribution in [2.24, 2.45) is 0 Å². The molecular formula is C24H21FN4O2. The van der Waals surface area contributed by atoms with Gasteiger partial charge in [0.2, 0.25) is 5.82 Å². The second kappa shape index (κ2) is 8.79. The number of hydrogen-bond acceptors (Lipinski definition) is 4. The van der Waals surface area contributed by atoms with Gasteiger partial charge in [0.05, 0.1) is 12.8 Å². The maximum atomic E-state index is 13.4. The van der Waals surface area contributed by atoms with Gasteiger partial charge in [0, 0.05) is 11.3 Å². The fourth-order valence-electron chi connectivity index (χ4n) is 3.11. The lowest BCUT2D eigenvalue weighted by Gasteiger charge is -2.07. The standard InChI is InChI=1S/C24H21FN4O2/c1-3-16-4-10-19(11-5-16)26-24(30)22-27-23(17-6-8-18(25)9-7-17)29(28-22)20-12-14-21(31-2)15-13-20/h4-15H,3H2,1-2H3,(H,26,30). The van der Waals surface area contributed by atoms with E-state index in [1.54, 1.807) is 36.1 Å². The minimum absolute atomic E-state index is 0.00899. The predicted molar refractivity (Wildman–Crippen MR) is 117 cm³/mol. The first-order chi connectivity index (χ1) is 15.1. The molecule has 1 aromatic heterocycles. The first-order valence-corrected chi connectivity index (χ1v) is 9.85. The molecule has 4 aromatic rings. The zero-order valence-corrected chi connectivity index (χ0v) is 17.2. The van der Waals surface area contributed by atoms with Gasteiger partial charge in [0.1, 0.15) is 11.6 Å². The summed E-state index contributed by atoms with van der Waals surface area (Å²) in [5.41, 5.74) is 3.17. The van der Waals surface area contributed by atoms with Crippen LogP contribution >= 0.6 is 0 Å². The molecule has 0 fully saturated rings. The van der Waals surface area contributed by atoms with Crippen molar-refractivity contribution in [1.29, 1.82) is 0 Å². The van der Waals surface area contributed by atoms with Gasteiger partial charge in [-0.15, -0.1) is 5.10 Å². The van der Waals surface area contributed by atoms with Crippen LogP contribution in [0.5, 0.6) is 5.75 Å². The van der Waals surface area contributed by atoms with Crippen LogP contribution in [0, 0.1) is 5.82 Å². The minimum Gasteiger partial charge on any atom is -0.497 e. The lowest BCUT2D eigenvalue weighted by atomic mass is 10.1. The SMILES string of the molecule is CCc1ccc(NC(=O)c2nc(-c3ccc(F)cc3)n(-c3ccc(OC)cc3)n2)cc1. The Kier molecular flexibility index (Phi) is 5.75. The topological polar surface area (TPSA) is 69.0 Å². The molecule has 0 spiro atoms. The van der Waals surface area contributed by atoms with Crippen molar-refractivity contribution in [3.05, 3.63) is 90.0 Å². The van der Waals surface area contributed by atoms with Crippen LogP contribution in [0.25, 0.3) is 17.1 Å². The number of amides is 1. The quantitative estimate of drug-likeness (QED) is 0.486. The van der Waals surface area contributed by atoms with Gasteiger partial charge in [0.15, 0.2) is 5.82 Å². The van der Waals surface area contributed by atoms with Crippen LogP contribution in [0.15, 0.2) is 72.8 Å². The molecule has 1 heterocycles. The van der Waals surface area contributed by atoms with Crippen LogP contribution in [0.4, 0.5) is 10.1 Å². The minimum atomic E-state index is -0.431. The van der Waals surface area contributed by atoms with E-state index in [4.69, 9.17) is 4.74 Å². The number of halogens is 1. The first-order valence-electron chi connectivity index (χ1n) is 9.85. The van der Waals surface area contributed by atoms with Gasteiger partial charge in [-0.25, -0.2) is 14.1 Å². The second-order valence-corrected chi connectivity index (χ2v) is 6.88. The lowest BCUT2D eigenvalue weighted by Crippen LogP contribution is -2.14. The molecule has 7 heteroatoms. The van der Waals surface area contributed by atoms with Gasteiger partial charge < -0.3 is 10.1 Å². The number of rotatable bonds is 6.